The zero-order valence-corrected chi connectivity index (χ0v) is 10.9. The number of benzene rings is 1. The third-order valence-corrected chi connectivity index (χ3v) is 3.08. The summed E-state index contributed by atoms with van der Waals surface area (Å²) in [4.78, 5) is 7.40. The average Bonchev–Trinajstić information content (AvgIpc) is 2.35. The van der Waals surface area contributed by atoms with Crippen LogP contribution in [0.2, 0.25) is 0 Å². The van der Waals surface area contributed by atoms with Gasteiger partial charge >= 0.3 is 0 Å². The van der Waals surface area contributed by atoms with Crippen molar-refractivity contribution in [2.75, 3.05) is 11.5 Å². The van der Waals surface area contributed by atoms with Gasteiger partial charge in [-0.2, -0.15) is 10.2 Å². The van der Waals surface area contributed by atoms with Gasteiger partial charge in [0.2, 0.25) is 5.95 Å². The molecule has 0 spiro atoms. The smallest absolute Gasteiger partial charge is 0.222 e. The van der Waals surface area contributed by atoms with E-state index in [0.717, 1.165) is 12.1 Å². The molecule has 0 unspecified atom stereocenters. The highest BCUT2D eigenvalue weighted by Gasteiger charge is 2.19. The molecule has 0 aliphatic rings. The van der Waals surface area contributed by atoms with E-state index in [1.165, 1.54) is 0 Å². The average molecular weight is 326 g/mol. The molecule has 2 rings (SSSR count). The fourth-order valence-electron chi connectivity index (χ4n) is 1.51. The highest BCUT2D eigenvalue weighted by Crippen LogP contribution is 2.32. The van der Waals surface area contributed by atoms with Gasteiger partial charge in [0.15, 0.2) is 0 Å². The molecule has 5 nitrogen and oxygen atoms in total. The molecular weight excluding hydrogens is 320 g/mol. The van der Waals surface area contributed by atoms with Crippen LogP contribution in [0, 0.1) is 23.0 Å². The Bertz CT molecular complexity index is 711. The lowest BCUT2D eigenvalue weighted by Crippen LogP contribution is -2.06. The largest absolute Gasteiger partial charge is 0.382 e. The summed E-state index contributed by atoms with van der Waals surface area (Å²) in [6.45, 7) is 0. The number of aromatic nitrogens is 2. The van der Waals surface area contributed by atoms with E-state index in [4.69, 9.17) is 16.7 Å². The molecule has 0 bridgehead atoms. The van der Waals surface area contributed by atoms with Crippen LogP contribution in [-0.2, 0) is 0 Å². The van der Waals surface area contributed by atoms with Gasteiger partial charge in [0.1, 0.15) is 29.1 Å². The molecule has 1 aromatic heterocycles. The quantitative estimate of drug-likeness (QED) is 0.783. The lowest BCUT2D eigenvalue weighted by atomic mass is 10.1. The van der Waals surface area contributed by atoms with Crippen molar-refractivity contribution >= 4 is 27.7 Å². The van der Waals surface area contributed by atoms with Gasteiger partial charge in [0, 0.05) is 5.56 Å². The third kappa shape index (κ3) is 2.20. The molecule has 2 aromatic rings. The van der Waals surface area contributed by atoms with Crippen molar-refractivity contribution in [1.82, 2.24) is 9.97 Å². The monoisotopic (exact) mass is 325 g/mol. The van der Waals surface area contributed by atoms with E-state index in [0.29, 0.717) is 0 Å². The number of nitrogens with two attached hydrogens (primary N) is 2. The fraction of sp³-hybridized carbons (Fsp3) is 0. The Labute approximate surface area is 115 Å². The molecule has 0 aliphatic carbocycles. The SMILES string of the molecule is N#Cc1c(N)nc(N)nc1-c1ccc(F)c(Br)c1F. The number of halogens is 3. The van der Waals surface area contributed by atoms with E-state index < -0.39 is 11.6 Å². The molecule has 1 heterocycles. The van der Waals surface area contributed by atoms with Crippen molar-refractivity contribution in [3.05, 3.63) is 33.8 Å². The molecule has 0 amide bonds. The van der Waals surface area contributed by atoms with E-state index >= 15 is 0 Å². The summed E-state index contributed by atoms with van der Waals surface area (Å²) >= 11 is 2.77. The van der Waals surface area contributed by atoms with E-state index in [2.05, 4.69) is 25.9 Å². The summed E-state index contributed by atoms with van der Waals surface area (Å²) < 4.78 is 26.8. The summed E-state index contributed by atoms with van der Waals surface area (Å²) in [7, 11) is 0. The molecule has 0 atom stereocenters. The van der Waals surface area contributed by atoms with Crippen LogP contribution in [-0.4, -0.2) is 9.97 Å². The van der Waals surface area contributed by atoms with Crippen LogP contribution >= 0.6 is 15.9 Å². The van der Waals surface area contributed by atoms with Crippen LogP contribution in [0.15, 0.2) is 16.6 Å². The minimum atomic E-state index is -0.894. The molecule has 0 aliphatic heterocycles. The van der Waals surface area contributed by atoms with Crippen molar-refractivity contribution in [3.8, 4) is 17.3 Å². The van der Waals surface area contributed by atoms with Crippen LogP contribution in [0.5, 0.6) is 0 Å². The van der Waals surface area contributed by atoms with E-state index in [1.54, 1.807) is 6.07 Å². The Hall–Kier alpha value is -2.27. The van der Waals surface area contributed by atoms with Crippen molar-refractivity contribution in [1.29, 1.82) is 5.26 Å². The van der Waals surface area contributed by atoms with Gasteiger partial charge in [0.25, 0.3) is 0 Å². The molecular formula is C11H6BrF2N5. The second-order valence-corrected chi connectivity index (χ2v) is 4.32. The predicted octanol–water partition coefficient (Wildman–Crippen LogP) is 2.22. The van der Waals surface area contributed by atoms with Gasteiger partial charge in [-0.3, -0.25) is 0 Å². The number of nitriles is 1. The van der Waals surface area contributed by atoms with Crippen molar-refractivity contribution < 1.29 is 8.78 Å². The summed E-state index contributed by atoms with van der Waals surface area (Å²) in [6, 6.07) is 3.96. The Morgan fingerprint density at radius 2 is 1.89 bits per heavy atom. The maximum atomic E-state index is 14.0. The molecule has 0 fully saturated rings. The predicted molar refractivity (Wildman–Crippen MR) is 68.6 cm³/mol. The van der Waals surface area contributed by atoms with Crippen LogP contribution < -0.4 is 11.5 Å². The lowest BCUT2D eigenvalue weighted by Gasteiger charge is -2.08. The number of hydrogen-bond donors (Lipinski definition) is 2. The topological polar surface area (TPSA) is 102 Å². The first-order valence-electron chi connectivity index (χ1n) is 4.92. The van der Waals surface area contributed by atoms with Gasteiger partial charge in [0.05, 0.1) is 10.2 Å². The first-order valence-corrected chi connectivity index (χ1v) is 5.72. The Kier molecular flexibility index (Phi) is 3.31. The van der Waals surface area contributed by atoms with Gasteiger partial charge in [-0.15, -0.1) is 0 Å². The molecule has 0 saturated carbocycles. The first-order chi connectivity index (χ1) is 8.95. The molecule has 1 aromatic carbocycles. The van der Waals surface area contributed by atoms with Crippen LogP contribution in [0.25, 0.3) is 11.3 Å². The summed E-state index contributed by atoms with van der Waals surface area (Å²) in [6.07, 6.45) is 0. The second kappa shape index (κ2) is 4.78. The van der Waals surface area contributed by atoms with Gasteiger partial charge in [-0.05, 0) is 28.1 Å². The lowest BCUT2D eigenvalue weighted by molar-refractivity contribution is 0.574. The summed E-state index contributed by atoms with van der Waals surface area (Å²) in [5.41, 5.74) is 10.7. The number of hydrogen-bond acceptors (Lipinski definition) is 5. The maximum absolute atomic E-state index is 14.0. The van der Waals surface area contributed by atoms with Crippen molar-refractivity contribution in [2.45, 2.75) is 0 Å². The highest BCUT2D eigenvalue weighted by molar-refractivity contribution is 9.10. The zero-order chi connectivity index (χ0) is 14.2. The molecule has 0 radical (unpaired) electrons. The van der Waals surface area contributed by atoms with E-state index in [9.17, 15) is 8.78 Å². The standard InChI is InChI=1S/C11H6BrF2N5/c12-7-6(13)2-1-4(8(7)14)9-5(3-15)10(16)19-11(17)18-9/h1-2H,(H4,16,17,18,19). The normalized spacial score (nSPS) is 10.2. The molecule has 8 heteroatoms. The molecule has 96 valence electrons. The molecule has 19 heavy (non-hydrogen) atoms. The third-order valence-electron chi connectivity index (χ3n) is 2.36. The number of nitrogen functional groups attached to an aromatic ring is 2. The Balaban J connectivity index is 2.80. The van der Waals surface area contributed by atoms with Gasteiger partial charge in [-0.1, -0.05) is 0 Å². The van der Waals surface area contributed by atoms with Gasteiger partial charge in [-0.25, -0.2) is 13.8 Å². The second-order valence-electron chi connectivity index (χ2n) is 3.53. The zero-order valence-electron chi connectivity index (χ0n) is 9.28. The van der Waals surface area contributed by atoms with E-state index in [1.807, 2.05) is 0 Å². The van der Waals surface area contributed by atoms with Gasteiger partial charge < -0.3 is 11.5 Å². The number of anilines is 2. The number of nitrogens with zero attached hydrogens (tertiary/aromatic N) is 3. The van der Waals surface area contributed by atoms with Crippen LogP contribution in [0.3, 0.4) is 0 Å². The van der Waals surface area contributed by atoms with Crippen LogP contribution in [0.4, 0.5) is 20.5 Å². The number of rotatable bonds is 1. The van der Waals surface area contributed by atoms with Crippen molar-refractivity contribution in [3.63, 3.8) is 0 Å². The first kappa shape index (κ1) is 13.2. The maximum Gasteiger partial charge on any atom is 0.222 e. The summed E-state index contributed by atoms with van der Waals surface area (Å²) in [5, 5.41) is 9.01. The van der Waals surface area contributed by atoms with Crippen molar-refractivity contribution in [2.24, 2.45) is 0 Å². The fourth-order valence-corrected chi connectivity index (χ4v) is 1.86. The minimum Gasteiger partial charge on any atom is -0.382 e. The Morgan fingerprint density at radius 3 is 2.53 bits per heavy atom. The van der Waals surface area contributed by atoms with E-state index in [-0.39, 0.29) is 33.1 Å². The summed E-state index contributed by atoms with van der Waals surface area (Å²) in [5.74, 6) is -2.03. The van der Waals surface area contributed by atoms with Crippen LogP contribution in [0.1, 0.15) is 5.56 Å². The molecule has 4 N–H and O–H groups in total. The minimum absolute atomic E-state index is 0.0781. The highest BCUT2D eigenvalue weighted by atomic mass is 79.9. The Morgan fingerprint density at radius 1 is 1.21 bits per heavy atom. The molecule has 0 saturated heterocycles.